The van der Waals surface area contributed by atoms with Crippen LogP contribution in [0.25, 0.3) is 0 Å². The van der Waals surface area contributed by atoms with Crippen LogP contribution in [-0.2, 0) is 4.79 Å². The zero-order valence-electron chi connectivity index (χ0n) is 11.9. The highest BCUT2D eigenvalue weighted by atomic mass is 16.2. The first-order valence-electron chi connectivity index (χ1n) is 6.47. The Labute approximate surface area is 114 Å². The summed E-state index contributed by atoms with van der Waals surface area (Å²) < 4.78 is 0. The number of piperazine rings is 1. The zero-order chi connectivity index (χ0) is 14.2. The lowest BCUT2D eigenvalue weighted by molar-refractivity contribution is -0.136. The summed E-state index contributed by atoms with van der Waals surface area (Å²) in [6.07, 6.45) is 0.861. The second-order valence-electron chi connectivity index (χ2n) is 5.60. The van der Waals surface area contributed by atoms with E-state index in [-0.39, 0.29) is 5.91 Å². The van der Waals surface area contributed by atoms with Crippen molar-refractivity contribution in [2.24, 2.45) is 0 Å². The summed E-state index contributed by atoms with van der Waals surface area (Å²) in [6, 6.07) is 5.71. The summed E-state index contributed by atoms with van der Waals surface area (Å²) in [7, 11) is 1.84. The van der Waals surface area contributed by atoms with Crippen LogP contribution in [0.2, 0.25) is 0 Å². The van der Waals surface area contributed by atoms with E-state index in [1.807, 2.05) is 46.0 Å². The van der Waals surface area contributed by atoms with Gasteiger partial charge in [-0.2, -0.15) is 0 Å². The van der Waals surface area contributed by atoms with Gasteiger partial charge < -0.3 is 9.80 Å². The molecule has 1 aliphatic rings. The zero-order valence-corrected chi connectivity index (χ0v) is 11.9. The van der Waals surface area contributed by atoms with Crippen molar-refractivity contribution in [2.75, 3.05) is 25.0 Å². The van der Waals surface area contributed by atoms with Gasteiger partial charge in [-0.25, -0.2) is 0 Å². The van der Waals surface area contributed by atoms with Gasteiger partial charge in [0.1, 0.15) is 11.8 Å². The average Bonchev–Trinajstić information content (AvgIpc) is 2.36. The minimum Gasteiger partial charge on any atom is -0.356 e. The number of nitrogens with zero attached hydrogens (tertiary/aromatic N) is 2. The third-order valence-electron chi connectivity index (χ3n) is 3.90. The maximum atomic E-state index is 12.3. The molecule has 0 spiro atoms. The third-order valence-corrected chi connectivity index (χ3v) is 3.90. The van der Waals surface area contributed by atoms with Gasteiger partial charge >= 0.3 is 0 Å². The molecule has 19 heavy (non-hydrogen) atoms. The molecule has 102 valence electrons. The van der Waals surface area contributed by atoms with Crippen molar-refractivity contribution >= 4 is 17.9 Å². The Morgan fingerprint density at radius 3 is 2.53 bits per heavy atom. The number of anilines is 1. The molecule has 2 rings (SSSR count). The highest BCUT2D eigenvalue weighted by Crippen LogP contribution is 2.29. The molecule has 1 amide bonds. The number of carbonyl (C=O) groups excluding carboxylic acids is 2. The SMILES string of the molecule is Cc1cc(N2CCN(C)C(=O)C2(C)C)ccc1C=O. The molecule has 0 saturated carbocycles. The lowest BCUT2D eigenvalue weighted by Gasteiger charge is -2.46. The van der Waals surface area contributed by atoms with Crippen LogP contribution < -0.4 is 4.90 Å². The Kier molecular flexibility index (Phi) is 3.35. The van der Waals surface area contributed by atoms with E-state index in [0.29, 0.717) is 5.56 Å². The lowest BCUT2D eigenvalue weighted by Crippen LogP contribution is -2.62. The molecule has 1 aromatic rings. The van der Waals surface area contributed by atoms with Crippen LogP contribution in [-0.4, -0.2) is 42.8 Å². The van der Waals surface area contributed by atoms with Crippen molar-refractivity contribution in [3.8, 4) is 0 Å². The number of benzene rings is 1. The van der Waals surface area contributed by atoms with Crippen LogP contribution in [0.15, 0.2) is 18.2 Å². The molecule has 1 saturated heterocycles. The molecule has 1 heterocycles. The summed E-state index contributed by atoms with van der Waals surface area (Å²) in [6.45, 7) is 7.31. The fraction of sp³-hybridized carbons (Fsp3) is 0.467. The molecule has 1 aliphatic heterocycles. The Bertz CT molecular complexity index is 523. The van der Waals surface area contributed by atoms with Gasteiger partial charge in [0, 0.05) is 31.4 Å². The smallest absolute Gasteiger partial charge is 0.247 e. The normalized spacial score (nSPS) is 18.6. The number of rotatable bonds is 2. The Morgan fingerprint density at radius 2 is 1.95 bits per heavy atom. The Morgan fingerprint density at radius 1 is 1.26 bits per heavy atom. The molecule has 0 N–H and O–H groups in total. The fourth-order valence-electron chi connectivity index (χ4n) is 2.63. The van der Waals surface area contributed by atoms with Crippen LogP contribution in [0.5, 0.6) is 0 Å². The third kappa shape index (κ3) is 2.23. The molecule has 1 aromatic carbocycles. The topological polar surface area (TPSA) is 40.6 Å². The Balaban J connectivity index is 2.38. The average molecular weight is 260 g/mol. The van der Waals surface area contributed by atoms with Crippen LogP contribution >= 0.6 is 0 Å². The number of likely N-dealkylation sites (N-methyl/N-ethyl adjacent to an activating group) is 1. The molecule has 0 atom stereocenters. The minimum absolute atomic E-state index is 0.121. The van der Waals surface area contributed by atoms with Crippen LogP contribution in [0, 0.1) is 6.92 Å². The fourth-order valence-corrected chi connectivity index (χ4v) is 2.63. The number of carbonyl (C=O) groups is 2. The van der Waals surface area contributed by atoms with Gasteiger partial charge in [-0.05, 0) is 44.5 Å². The highest BCUT2D eigenvalue weighted by molar-refractivity contribution is 5.90. The predicted molar refractivity (Wildman–Crippen MR) is 75.6 cm³/mol. The molecule has 0 aromatic heterocycles. The summed E-state index contributed by atoms with van der Waals surface area (Å²) >= 11 is 0. The van der Waals surface area contributed by atoms with E-state index in [9.17, 15) is 9.59 Å². The molecule has 1 fully saturated rings. The van der Waals surface area contributed by atoms with Crippen molar-refractivity contribution in [3.63, 3.8) is 0 Å². The minimum atomic E-state index is -0.553. The first kappa shape index (κ1) is 13.6. The molecular formula is C15H20N2O2. The molecular weight excluding hydrogens is 240 g/mol. The van der Waals surface area contributed by atoms with Crippen molar-refractivity contribution in [2.45, 2.75) is 26.3 Å². The maximum Gasteiger partial charge on any atom is 0.247 e. The molecule has 4 heteroatoms. The van der Waals surface area contributed by atoms with Crippen molar-refractivity contribution < 1.29 is 9.59 Å². The van der Waals surface area contributed by atoms with Crippen LogP contribution in [0.1, 0.15) is 29.8 Å². The predicted octanol–water partition coefficient (Wildman–Crippen LogP) is 1.86. The monoisotopic (exact) mass is 260 g/mol. The highest BCUT2D eigenvalue weighted by Gasteiger charge is 2.40. The van der Waals surface area contributed by atoms with E-state index in [4.69, 9.17) is 0 Å². The van der Waals surface area contributed by atoms with E-state index in [1.54, 1.807) is 4.90 Å². The summed E-state index contributed by atoms with van der Waals surface area (Å²) in [4.78, 5) is 27.0. The van der Waals surface area contributed by atoms with E-state index < -0.39 is 5.54 Å². The lowest BCUT2D eigenvalue weighted by atomic mass is 9.96. The number of hydrogen-bond donors (Lipinski definition) is 0. The second kappa shape index (κ2) is 4.68. The van der Waals surface area contributed by atoms with Crippen molar-refractivity contribution in [1.29, 1.82) is 0 Å². The van der Waals surface area contributed by atoms with Crippen molar-refractivity contribution in [3.05, 3.63) is 29.3 Å². The molecule has 0 bridgehead atoms. The van der Waals surface area contributed by atoms with E-state index in [2.05, 4.69) is 4.90 Å². The first-order valence-corrected chi connectivity index (χ1v) is 6.47. The molecule has 0 unspecified atom stereocenters. The van der Waals surface area contributed by atoms with Gasteiger partial charge in [-0.1, -0.05) is 0 Å². The first-order chi connectivity index (χ1) is 8.87. The molecule has 0 radical (unpaired) electrons. The van der Waals surface area contributed by atoms with Crippen LogP contribution in [0.4, 0.5) is 5.69 Å². The number of aldehydes is 1. The van der Waals surface area contributed by atoms with Gasteiger partial charge in [-0.15, -0.1) is 0 Å². The Hall–Kier alpha value is -1.84. The second-order valence-corrected chi connectivity index (χ2v) is 5.60. The molecule has 4 nitrogen and oxygen atoms in total. The van der Waals surface area contributed by atoms with E-state index >= 15 is 0 Å². The number of aryl methyl sites for hydroxylation is 1. The van der Waals surface area contributed by atoms with E-state index in [1.165, 1.54) is 0 Å². The maximum absolute atomic E-state index is 12.3. The summed E-state index contributed by atoms with van der Waals surface area (Å²) in [5.74, 6) is 0.121. The molecule has 0 aliphatic carbocycles. The standard InChI is InChI=1S/C15H20N2O2/c1-11-9-13(6-5-12(11)10-18)17-8-7-16(4)14(19)15(17,2)3/h5-6,9-10H,7-8H2,1-4H3. The largest absolute Gasteiger partial charge is 0.356 e. The quantitative estimate of drug-likeness (QED) is 0.762. The van der Waals surface area contributed by atoms with Gasteiger partial charge in [0.05, 0.1) is 0 Å². The summed E-state index contributed by atoms with van der Waals surface area (Å²) in [5.41, 5.74) is 2.08. The number of hydrogen-bond acceptors (Lipinski definition) is 3. The van der Waals surface area contributed by atoms with Crippen molar-refractivity contribution in [1.82, 2.24) is 4.90 Å². The summed E-state index contributed by atoms with van der Waals surface area (Å²) in [5, 5.41) is 0. The van der Waals surface area contributed by atoms with Gasteiger partial charge in [0.25, 0.3) is 0 Å². The van der Waals surface area contributed by atoms with Gasteiger partial charge in [0.2, 0.25) is 5.91 Å². The number of amides is 1. The van der Waals surface area contributed by atoms with E-state index in [0.717, 1.165) is 30.6 Å². The van der Waals surface area contributed by atoms with Crippen LogP contribution in [0.3, 0.4) is 0 Å². The van der Waals surface area contributed by atoms with Gasteiger partial charge in [-0.3, -0.25) is 9.59 Å². The van der Waals surface area contributed by atoms with Gasteiger partial charge in [0.15, 0.2) is 0 Å².